The van der Waals surface area contributed by atoms with E-state index in [0.717, 1.165) is 12.8 Å². The first-order valence-corrected chi connectivity index (χ1v) is 3.37. The van der Waals surface area contributed by atoms with Crippen LogP contribution in [0.3, 0.4) is 0 Å². The third-order valence-electron chi connectivity index (χ3n) is 1.29. The molecule has 0 aromatic rings. The van der Waals surface area contributed by atoms with Gasteiger partial charge in [-0.2, -0.15) is 0 Å². The molecular weight excluding hydrogens is 441 g/mol. The van der Waals surface area contributed by atoms with Gasteiger partial charge < -0.3 is 64.5 Å². The molecule has 0 bridgehead atoms. The monoisotopic (exact) mass is 455 g/mol. The molecule has 0 saturated heterocycles. The first-order valence-electron chi connectivity index (χ1n) is 3.37. The normalized spacial score (nSPS) is 10.0. The van der Waals surface area contributed by atoms with Crippen molar-refractivity contribution < 1.29 is 74.9 Å². The second-order valence-electron chi connectivity index (χ2n) is 2.23. The number of rotatable bonds is 5. The van der Waals surface area contributed by atoms with Gasteiger partial charge in [-0.15, -0.1) is 0 Å². The average molecular weight is 455 g/mol. The fourth-order valence-corrected chi connectivity index (χ4v) is 0.632. The molecule has 0 aromatic heterocycles. The van der Waals surface area contributed by atoms with E-state index < -0.39 is 12.0 Å². The fraction of sp³-hybridized carbons (Fsp3) is 0.833. The number of unbranched alkanes of at least 4 members (excludes halogenated alkanes) is 1. The van der Waals surface area contributed by atoms with Gasteiger partial charge in [-0.25, -0.2) is 0 Å². The smallest absolute Gasteiger partial charge is 1.00 e. The largest absolute Gasteiger partial charge is 2.00 e. The van der Waals surface area contributed by atoms with Gasteiger partial charge in [0.2, 0.25) is 0 Å². The maximum absolute atomic E-state index is 10.1. The van der Waals surface area contributed by atoms with Crippen LogP contribution >= 0.6 is 0 Å². The van der Waals surface area contributed by atoms with Crippen LogP contribution in [-0.4, -0.2) is 23.7 Å². The van der Waals surface area contributed by atoms with E-state index in [0.29, 0.717) is 13.0 Å². The van der Waals surface area contributed by atoms with Crippen LogP contribution in [0.2, 0.25) is 0 Å². The number of halogens is 2. The zero-order chi connectivity index (χ0) is 7.98. The van der Waals surface area contributed by atoms with Crippen LogP contribution in [0.25, 0.3) is 0 Å². The quantitative estimate of drug-likeness (QED) is 0.219. The molecular formula is C6H14I2MnN2O2. The Balaban J connectivity index is -0.000000135. The molecule has 7 heteroatoms. The van der Waals surface area contributed by atoms with Gasteiger partial charge >= 0.3 is 23.0 Å². The second kappa shape index (κ2) is 15.8. The van der Waals surface area contributed by atoms with Gasteiger partial charge in [0, 0.05) is 0 Å². The Morgan fingerprint density at radius 1 is 1.31 bits per heavy atom. The molecule has 5 N–H and O–H groups in total. The second-order valence-corrected chi connectivity index (χ2v) is 2.23. The van der Waals surface area contributed by atoms with Gasteiger partial charge in [0.05, 0.1) is 0 Å². The topological polar surface area (TPSA) is 89.3 Å². The van der Waals surface area contributed by atoms with E-state index in [-0.39, 0.29) is 65.0 Å². The average Bonchev–Trinajstić information content (AvgIpc) is 1.88. The summed E-state index contributed by atoms with van der Waals surface area (Å²) in [5.41, 5.74) is 10.4. The van der Waals surface area contributed by atoms with Crippen LogP contribution in [0.1, 0.15) is 19.3 Å². The predicted molar refractivity (Wildman–Crippen MR) is 38.5 cm³/mol. The number of hydrogen-bond acceptors (Lipinski definition) is 3. The summed E-state index contributed by atoms with van der Waals surface area (Å²) in [5.74, 6) is -0.933. The van der Waals surface area contributed by atoms with E-state index in [9.17, 15) is 4.79 Å². The van der Waals surface area contributed by atoms with Crippen molar-refractivity contribution in [3.05, 3.63) is 0 Å². The number of nitrogens with two attached hydrogens (primary N) is 2. The summed E-state index contributed by atoms with van der Waals surface area (Å²) in [5, 5.41) is 8.33. The Hall–Kier alpha value is 1.37. The van der Waals surface area contributed by atoms with Crippen molar-refractivity contribution >= 4 is 5.97 Å². The van der Waals surface area contributed by atoms with Crippen molar-refractivity contribution in [1.82, 2.24) is 0 Å². The zero-order valence-electron chi connectivity index (χ0n) is 7.05. The Bertz CT molecular complexity index is 119. The van der Waals surface area contributed by atoms with Crippen molar-refractivity contribution in [2.75, 3.05) is 6.54 Å². The van der Waals surface area contributed by atoms with Gasteiger partial charge in [-0.1, -0.05) is 6.42 Å². The third-order valence-corrected chi connectivity index (χ3v) is 1.29. The SMILES string of the molecule is NCCCCC(N)C(=O)O.[I-].[I-].[Mn+2]. The number of hydrogen-bond donors (Lipinski definition) is 3. The molecule has 0 heterocycles. The Kier molecular flexibility index (Phi) is 29.1. The summed E-state index contributed by atoms with van der Waals surface area (Å²) in [4.78, 5) is 10.1. The molecule has 1 unspecified atom stereocenters. The summed E-state index contributed by atoms with van der Waals surface area (Å²) >= 11 is 0. The minimum absolute atomic E-state index is 0. The fourth-order valence-electron chi connectivity index (χ4n) is 0.632. The van der Waals surface area contributed by atoms with E-state index >= 15 is 0 Å². The molecule has 4 nitrogen and oxygen atoms in total. The van der Waals surface area contributed by atoms with E-state index in [4.69, 9.17) is 16.6 Å². The van der Waals surface area contributed by atoms with E-state index in [1.54, 1.807) is 0 Å². The summed E-state index contributed by atoms with van der Waals surface area (Å²) < 4.78 is 0. The van der Waals surface area contributed by atoms with Crippen molar-refractivity contribution in [3.63, 3.8) is 0 Å². The number of aliphatic carboxylic acids is 1. The maximum Gasteiger partial charge on any atom is 2.00 e. The van der Waals surface area contributed by atoms with E-state index in [1.165, 1.54) is 0 Å². The molecule has 0 spiro atoms. The summed E-state index contributed by atoms with van der Waals surface area (Å²) in [6, 6.07) is -0.716. The summed E-state index contributed by atoms with van der Waals surface area (Å²) in [6.45, 7) is 0.604. The van der Waals surface area contributed by atoms with Crippen molar-refractivity contribution in [1.29, 1.82) is 0 Å². The molecule has 0 aliphatic heterocycles. The molecule has 81 valence electrons. The third kappa shape index (κ3) is 16.1. The van der Waals surface area contributed by atoms with Crippen LogP contribution < -0.4 is 59.4 Å². The van der Waals surface area contributed by atoms with Gasteiger partial charge in [0.25, 0.3) is 0 Å². The van der Waals surface area contributed by atoms with Gasteiger partial charge in [-0.05, 0) is 19.4 Å². The molecule has 0 fully saturated rings. The standard InChI is InChI=1S/C6H14N2O2.2HI.Mn/c7-4-2-1-3-5(8)6(9)10;;;/h5H,1-4,7-8H2,(H,9,10);2*1H;/q;;;+2/p-2. The molecule has 0 rings (SSSR count). The summed E-state index contributed by atoms with van der Waals surface area (Å²) in [7, 11) is 0. The number of carbonyl (C=O) groups is 1. The summed E-state index contributed by atoms with van der Waals surface area (Å²) in [6.07, 6.45) is 2.16. The van der Waals surface area contributed by atoms with Crippen LogP contribution in [0, 0.1) is 0 Å². The molecule has 0 aromatic carbocycles. The minimum atomic E-state index is -0.933. The Labute approximate surface area is 123 Å². The van der Waals surface area contributed by atoms with Crippen LogP contribution in [0.5, 0.6) is 0 Å². The van der Waals surface area contributed by atoms with Crippen molar-refractivity contribution in [2.45, 2.75) is 25.3 Å². The minimum Gasteiger partial charge on any atom is -1.00 e. The van der Waals surface area contributed by atoms with E-state index in [1.807, 2.05) is 0 Å². The first kappa shape index (κ1) is 23.9. The van der Waals surface area contributed by atoms with Crippen LogP contribution in [-0.2, 0) is 21.9 Å². The molecule has 0 saturated carbocycles. The zero-order valence-corrected chi connectivity index (χ0v) is 12.5. The predicted octanol–water partition coefficient (Wildman–Crippen LogP) is -6.47. The van der Waals surface area contributed by atoms with E-state index in [2.05, 4.69) is 0 Å². The van der Waals surface area contributed by atoms with Gasteiger partial charge in [0.1, 0.15) is 6.04 Å². The molecule has 13 heavy (non-hydrogen) atoms. The van der Waals surface area contributed by atoms with Gasteiger partial charge in [-0.3, -0.25) is 4.79 Å². The Morgan fingerprint density at radius 3 is 2.08 bits per heavy atom. The van der Waals surface area contributed by atoms with Crippen molar-refractivity contribution in [3.8, 4) is 0 Å². The molecule has 1 atom stereocenters. The maximum atomic E-state index is 10.1. The molecule has 1 radical (unpaired) electrons. The number of carboxylic acids is 1. The molecule has 0 aliphatic carbocycles. The van der Waals surface area contributed by atoms with Crippen LogP contribution in [0.4, 0.5) is 0 Å². The number of carboxylic acid groups (broad SMARTS) is 1. The van der Waals surface area contributed by atoms with Crippen LogP contribution in [0.15, 0.2) is 0 Å². The Morgan fingerprint density at radius 2 is 1.77 bits per heavy atom. The first-order chi connectivity index (χ1) is 4.68. The molecule has 0 aliphatic rings. The van der Waals surface area contributed by atoms with Crippen molar-refractivity contribution in [2.24, 2.45) is 11.5 Å². The molecule has 0 amide bonds. The van der Waals surface area contributed by atoms with Gasteiger partial charge in [0.15, 0.2) is 0 Å².